The maximum Gasteiger partial charge on any atom is 0.309 e. The van der Waals surface area contributed by atoms with E-state index in [1.165, 1.54) is 0 Å². The molecule has 0 saturated carbocycles. The summed E-state index contributed by atoms with van der Waals surface area (Å²) in [4.78, 5) is 10.8. The van der Waals surface area contributed by atoms with Crippen LogP contribution >= 0.6 is 11.8 Å². The van der Waals surface area contributed by atoms with Crippen molar-refractivity contribution in [2.75, 3.05) is 12.3 Å². The third-order valence-electron chi connectivity index (χ3n) is 1.88. The fraction of sp³-hybridized carbons (Fsp3) is 0.889. The molecule has 13 heavy (non-hydrogen) atoms. The van der Waals surface area contributed by atoms with E-state index in [0.717, 1.165) is 6.42 Å². The highest BCUT2D eigenvalue weighted by Crippen LogP contribution is 2.25. The normalized spacial score (nSPS) is 14.2. The van der Waals surface area contributed by atoms with Crippen molar-refractivity contribution in [3.05, 3.63) is 0 Å². The van der Waals surface area contributed by atoms with Gasteiger partial charge in [-0.15, -0.1) is 0 Å². The van der Waals surface area contributed by atoms with Crippen molar-refractivity contribution in [1.82, 2.24) is 0 Å². The highest BCUT2D eigenvalue weighted by Gasteiger charge is 2.27. The summed E-state index contributed by atoms with van der Waals surface area (Å²) in [5, 5.41) is 9.29. The zero-order valence-corrected chi connectivity index (χ0v) is 9.36. The van der Waals surface area contributed by atoms with E-state index in [9.17, 15) is 4.79 Å². The number of thioether (sulfide) groups is 1. The van der Waals surface area contributed by atoms with E-state index < -0.39 is 11.4 Å². The summed E-state index contributed by atoms with van der Waals surface area (Å²) < 4.78 is 0. The predicted molar refractivity (Wildman–Crippen MR) is 57.0 cm³/mol. The van der Waals surface area contributed by atoms with Gasteiger partial charge >= 0.3 is 5.97 Å². The van der Waals surface area contributed by atoms with Crippen LogP contribution in [0.5, 0.6) is 0 Å². The van der Waals surface area contributed by atoms with Crippen LogP contribution in [-0.2, 0) is 4.79 Å². The van der Waals surface area contributed by atoms with Crippen LogP contribution in [-0.4, -0.2) is 28.6 Å². The van der Waals surface area contributed by atoms with Gasteiger partial charge in [0.1, 0.15) is 0 Å². The molecule has 0 fully saturated rings. The number of rotatable bonds is 6. The first-order valence-electron chi connectivity index (χ1n) is 4.45. The van der Waals surface area contributed by atoms with Crippen LogP contribution in [0.15, 0.2) is 0 Å². The van der Waals surface area contributed by atoms with E-state index in [4.69, 9.17) is 10.8 Å². The van der Waals surface area contributed by atoms with Gasteiger partial charge in [0.25, 0.3) is 0 Å². The number of hydrogen-bond acceptors (Lipinski definition) is 3. The van der Waals surface area contributed by atoms with Crippen LogP contribution in [0.3, 0.4) is 0 Å². The lowest BCUT2D eigenvalue weighted by atomic mass is 9.97. The number of aliphatic carboxylic acids is 1. The maximum atomic E-state index is 10.8. The highest BCUT2D eigenvalue weighted by atomic mass is 32.2. The second kappa shape index (κ2) is 5.50. The van der Waals surface area contributed by atoms with Crippen LogP contribution in [0.4, 0.5) is 0 Å². The Morgan fingerprint density at radius 1 is 1.62 bits per heavy atom. The molecule has 78 valence electrons. The number of hydrogen-bond donors (Lipinski definition) is 2. The minimum absolute atomic E-state index is 0.448. The maximum absolute atomic E-state index is 10.8. The van der Waals surface area contributed by atoms with Gasteiger partial charge in [0.15, 0.2) is 0 Å². The Hall–Kier alpha value is -0.220. The summed E-state index contributed by atoms with van der Waals surface area (Å²) in [6, 6.07) is 0. The molecule has 0 aliphatic rings. The molecule has 0 aromatic heterocycles. The first-order valence-corrected chi connectivity index (χ1v) is 5.50. The molecule has 0 saturated heterocycles. The van der Waals surface area contributed by atoms with Crippen LogP contribution in [0.25, 0.3) is 0 Å². The molecule has 0 aliphatic heterocycles. The fourth-order valence-corrected chi connectivity index (χ4v) is 1.86. The van der Waals surface area contributed by atoms with Gasteiger partial charge in [-0.05, 0) is 26.8 Å². The lowest BCUT2D eigenvalue weighted by Gasteiger charge is -2.20. The molecule has 0 spiro atoms. The Labute approximate surface area is 84.1 Å². The van der Waals surface area contributed by atoms with Crippen LogP contribution < -0.4 is 5.73 Å². The van der Waals surface area contributed by atoms with Gasteiger partial charge in [-0.1, -0.05) is 6.92 Å². The SMILES string of the molecule is CC(CCN)SCC(C)(C)C(=O)O. The second-order valence-electron chi connectivity index (χ2n) is 3.89. The summed E-state index contributed by atoms with van der Waals surface area (Å²) in [7, 11) is 0. The van der Waals surface area contributed by atoms with E-state index in [2.05, 4.69) is 6.92 Å². The molecule has 3 N–H and O–H groups in total. The molecule has 0 amide bonds. The van der Waals surface area contributed by atoms with Gasteiger partial charge in [0.2, 0.25) is 0 Å². The standard InChI is InChI=1S/C9H19NO2S/c1-7(4-5-10)13-6-9(2,3)8(11)12/h7H,4-6,10H2,1-3H3,(H,11,12). The predicted octanol–water partition coefficient (Wildman–Crippen LogP) is 1.57. The highest BCUT2D eigenvalue weighted by molar-refractivity contribution is 7.99. The molecule has 0 aromatic rings. The van der Waals surface area contributed by atoms with Crippen molar-refractivity contribution >= 4 is 17.7 Å². The van der Waals surface area contributed by atoms with E-state index in [-0.39, 0.29) is 0 Å². The average Bonchev–Trinajstić information content (AvgIpc) is 2.01. The summed E-state index contributed by atoms with van der Waals surface area (Å²) in [5.41, 5.74) is 4.77. The van der Waals surface area contributed by atoms with Gasteiger partial charge in [-0.2, -0.15) is 11.8 Å². The van der Waals surface area contributed by atoms with Crippen LogP contribution in [0, 0.1) is 5.41 Å². The van der Waals surface area contributed by atoms with Gasteiger partial charge in [0.05, 0.1) is 5.41 Å². The van der Waals surface area contributed by atoms with Crippen molar-refractivity contribution in [2.24, 2.45) is 11.1 Å². The molecule has 0 aliphatic carbocycles. The second-order valence-corrected chi connectivity index (χ2v) is 5.31. The molecule has 1 atom stereocenters. The number of carbonyl (C=O) groups is 1. The van der Waals surface area contributed by atoms with Crippen molar-refractivity contribution in [3.63, 3.8) is 0 Å². The Balaban J connectivity index is 3.80. The minimum atomic E-state index is -0.736. The van der Waals surface area contributed by atoms with Crippen molar-refractivity contribution in [2.45, 2.75) is 32.4 Å². The number of carboxylic acid groups (broad SMARTS) is 1. The van der Waals surface area contributed by atoms with E-state index in [1.807, 2.05) is 0 Å². The average molecular weight is 205 g/mol. The van der Waals surface area contributed by atoms with E-state index in [1.54, 1.807) is 25.6 Å². The monoisotopic (exact) mass is 205 g/mol. The van der Waals surface area contributed by atoms with Crippen molar-refractivity contribution in [3.8, 4) is 0 Å². The third-order valence-corrected chi connectivity index (χ3v) is 3.57. The topological polar surface area (TPSA) is 63.3 Å². The first kappa shape index (κ1) is 12.8. The Morgan fingerprint density at radius 3 is 2.54 bits per heavy atom. The van der Waals surface area contributed by atoms with E-state index in [0.29, 0.717) is 17.5 Å². The number of carboxylic acids is 1. The zero-order chi connectivity index (χ0) is 10.5. The Bertz CT molecular complexity index is 171. The quantitative estimate of drug-likeness (QED) is 0.691. The lowest BCUT2D eigenvalue weighted by Crippen LogP contribution is -2.27. The molecule has 4 heteroatoms. The molecule has 0 bridgehead atoms. The third kappa shape index (κ3) is 5.16. The molecular formula is C9H19NO2S. The Kier molecular flexibility index (Phi) is 5.40. The molecular weight excluding hydrogens is 186 g/mol. The molecule has 3 nitrogen and oxygen atoms in total. The fourth-order valence-electron chi connectivity index (χ4n) is 0.730. The van der Waals surface area contributed by atoms with Gasteiger partial charge in [0, 0.05) is 11.0 Å². The zero-order valence-electron chi connectivity index (χ0n) is 8.54. The van der Waals surface area contributed by atoms with Gasteiger partial charge < -0.3 is 10.8 Å². The largest absolute Gasteiger partial charge is 0.481 e. The Morgan fingerprint density at radius 2 is 2.15 bits per heavy atom. The van der Waals surface area contributed by atoms with Gasteiger partial charge in [-0.3, -0.25) is 4.79 Å². The number of nitrogens with two attached hydrogens (primary N) is 1. The lowest BCUT2D eigenvalue weighted by molar-refractivity contribution is -0.145. The molecule has 1 unspecified atom stereocenters. The smallest absolute Gasteiger partial charge is 0.309 e. The summed E-state index contributed by atoms with van der Waals surface area (Å²) in [6.45, 7) is 6.24. The summed E-state index contributed by atoms with van der Waals surface area (Å²) >= 11 is 1.68. The van der Waals surface area contributed by atoms with Crippen LogP contribution in [0.2, 0.25) is 0 Å². The van der Waals surface area contributed by atoms with Crippen LogP contribution in [0.1, 0.15) is 27.2 Å². The molecule has 0 rings (SSSR count). The van der Waals surface area contributed by atoms with E-state index >= 15 is 0 Å². The van der Waals surface area contributed by atoms with Crippen molar-refractivity contribution < 1.29 is 9.90 Å². The first-order chi connectivity index (χ1) is 5.90. The van der Waals surface area contributed by atoms with Crippen molar-refractivity contribution in [1.29, 1.82) is 0 Å². The molecule has 0 heterocycles. The minimum Gasteiger partial charge on any atom is -0.481 e. The molecule has 0 radical (unpaired) electrons. The molecule has 0 aromatic carbocycles. The summed E-state index contributed by atoms with van der Waals surface area (Å²) in [5.74, 6) is -0.0938. The summed E-state index contributed by atoms with van der Waals surface area (Å²) in [6.07, 6.45) is 0.945. The van der Waals surface area contributed by atoms with Gasteiger partial charge in [-0.25, -0.2) is 0 Å².